The number of fused-ring (bicyclic) bond motifs is 1. The number of urea groups is 1. The highest BCUT2D eigenvalue weighted by Gasteiger charge is 2.42. The molecule has 2 atom stereocenters. The van der Waals surface area contributed by atoms with Crippen molar-refractivity contribution in [3.05, 3.63) is 65.0 Å². The van der Waals surface area contributed by atoms with Gasteiger partial charge < -0.3 is 15.5 Å². The molecule has 2 aliphatic rings. The Kier molecular flexibility index (Phi) is 7.69. The van der Waals surface area contributed by atoms with E-state index in [-0.39, 0.29) is 48.8 Å². The summed E-state index contributed by atoms with van der Waals surface area (Å²) in [5.41, 5.74) is 7.09. The molecule has 2 fully saturated rings. The first-order valence-corrected chi connectivity index (χ1v) is 10.5. The lowest BCUT2D eigenvalue weighted by Crippen LogP contribution is -2.54. The first kappa shape index (κ1) is 25.3. The van der Waals surface area contributed by atoms with Gasteiger partial charge in [-0.1, -0.05) is 0 Å². The minimum Gasteiger partial charge on any atom is -0.339 e. The van der Waals surface area contributed by atoms with Gasteiger partial charge in [0.15, 0.2) is 11.6 Å². The molecule has 0 aromatic heterocycles. The summed E-state index contributed by atoms with van der Waals surface area (Å²) in [6.45, 7) is 1.45. The SMILES string of the molecule is Cl.N#Cc1ccc(N2CC3CN(C(=O)C[C@H](N)Cc4cc(F)c(F)cc4F)CCN3C2=O)cc1. The molecule has 0 saturated carbocycles. The van der Waals surface area contributed by atoms with E-state index in [1.165, 1.54) is 0 Å². The van der Waals surface area contributed by atoms with Gasteiger partial charge in [-0.3, -0.25) is 9.69 Å². The van der Waals surface area contributed by atoms with Crippen LogP contribution in [-0.4, -0.2) is 60.0 Å². The molecule has 0 bridgehead atoms. The molecule has 34 heavy (non-hydrogen) atoms. The molecule has 2 heterocycles. The minimum absolute atomic E-state index is 0. The number of nitrogens with two attached hydrogens (primary N) is 1. The largest absolute Gasteiger partial charge is 0.339 e. The zero-order chi connectivity index (χ0) is 23.7. The van der Waals surface area contributed by atoms with E-state index in [0.717, 1.165) is 6.07 Å². The first-order valence-electron chi connectivity index (χ1n) is 10.5. The van der Waals surface area contributed by atoms with E-state index < -0.39 is 23.5 Å². The Hall–Kier alpha value is -3.29. The van der Waals surface area contributed by atoms with Crippen molar-refractivity contribution < 1.29 is 22.8 Å². The van der Waals surface area contributed by atoms with Crippen LogP contribution in [0.3, 0.4) is 0 Å². The third-order valence-electron chi connectivity index (χ3n) is 6.02. The third kappa shape index (κ3) is 5.11. The van der Waals surface area contributed by atoms with E-state index in [4.69, 9.17) is 11.0 Å². The van der Waals surface area contributed by atoms with Crippen LogP contribution in [0.2, 0.25) is 0 Å². The molecular formula is C23H23ClF3N5O2. The van der Waals surface area contributed by atoms with Gasteiger partial charge in [0.05, 0.1) is 17.7 Å². The Morgan fingerprint density at radius 1 is 1.09 bits per heavy atom. The molecule has 0 aliphatic carbocycles. The summed E-state index contributed by atoms with van der Waals surface area (Å²) in [5.74, 6) is -3.59. The van der Waals surface area contributed by atoms with Crippen LogP contribution in [-0.2, 0) is 11.2 Å². The molecule has 0 radical (unpaired) electrons. The van der Waals surface area contributed by atoms with E-state index in [2.05, 4.69) is 0 Å². The Labute approximate surface area is 200 Å². The maximum absolute atomic E-state index is 13.9. The third-order valence-corrected chi connectivity index (χ3v) is 6.02. The Bertz CT molecular complexity index is 1120. The number of benzene rings is 2. The van der Waals surface area contributed by atoms with Gasteiger partial charge in [0, 0.05) is 50.4 Å². The average molecular weight is 494 g/mol. The molecule has 2 aliphatic heterocycles. The van der Waals surface area contributed by atoms with Crippen LogP contribution in [0.15, 0.2) is 36.4 Å². The highest BCUT2D eigenvalue weighted by molar-refractivity contribution is 5.95. The molecule has 2 saturated heterocycles. The molecule has 2 N–H and O–H groups in total. The van der Waals surface area contributed by atoms with Crippen LogP contribution in [0.1, 0.15) is 17.5 Å². The van der Waals surface area contributed by atoms with Crippen LogP contribution >= 0.6 is 12.4 Å². The van der Waals surface area contributed by atoms with Gasteiger partial charge in [0.25, 0.3) is 0 Å². The van der Waals surface area contributed by atoms with Crippen LogP contribution in [0.4, 0.5) is 23.7 Å². The summed E-state index contributed by atoms with van der Waals surface area (Å²) in [5, 5.41) is 8.94. The number of piperazine rings is 1. The Balaban J connectivity index is 0.00000324. The molecule has 2 aromatic carbocycles. The summed E-state index contributed by atoms with van der Waals surface area (Å²) in [6.07, 6.45) is -0.193. The number of amides is 3. The number of anilines is 1. The zero-order valence-corrected chi connectivity index (χ0v) is 18.9. The molecule has 7 nitrogen and oxygen atoms in total. The second-order valence-electron chi connectivity index (χ2n) is 8.26. The maximum Gasteiger partial charge on any atom is 0.324 e. The van der Waals surface area contributed by atoms with E-state index in [1.807, 2.05) is 6.07 Å². The fourth-order valence-corrected chi connectivity index (χ4v) is 4.29. The van der Waals surface area contributed by atoms with Crippen LogP contribution < -0.4 is 10.6 Å². The van der Waals surface area contributed by atoms with Crippen molar-refractivity contribution in [1.82, 2.24) is 9.80 Å². The van der Waals surface area contributed by atoms with Crippen LogP contribution in [0.5, 0.6) is 0 Å². The summed E-state index contributed by atoms with van der Waals surface area (Å²) in [4.78, 5) is 30.5. The number of rotatable bonds is 5. The van der Waals surface area contributed by atoms with Crippen molar-refractivity contribution in [2.75, 3.05) is 31.1 Å². The standard InChI is InChI=1S/C23H22F3N5O2.ClH/c24-19-10-21(26)20(25)8-15(19)7-16(28)9-22(32)29-5-6-30-18(12-29)13-31(23(30)33)17-3-1-14(11-27)2-4-17;/h1-4,8,10,16,18H,5-7,9,12-13,28H2;1H/t16-,18?;/m1./s1. The van der Waals surface area contributed by atoms with Crippen LogP contribution in [0.25, 0.3) is 0 Å². The van der Waals surface area contributed by atoms with Gasteiger partial charge in [-0.2, -0.15) is 5.26 Å². The monoisotopic (exact) mass is 493 g/mol. The minimum atomic E-state index is -1.28. The van der Waals surface area contributed by atoms with Gasteiger partial charge >= 0.3 is 6.03 Å². The van der Waals surface area contributed by atoms with Gasteiger partial charge in [-0.15, -0.1) is 12.4 Å². The van der Waals surface area contributed by atoms with Crippen molar-refractivity contribution in [2.24, 2.45) is 5.73 Å². The number of carbonyl (C=O) groups excluding carboxylic acids is 2. The number of carbonyl (C=O) groups is 2. The summed E-state index contributed by atoms with van der Waals surface area (Å²) < 4.78 is 40.4. The van der Waals surface area contributed by atoms with Gasteiger partial charge in [-0.25, -0.2) is 18.0 Å². The van der Waals surface area contributed by atoms with E-state index >= 15 is 0 Å². The molecular weight excluding hydrogens is 471 g/mol. The predicted octanol–water partition coefficient (Wildman–Crippen LogP) is 2.81. The summed E-state index contributed by atoms with van der Waals surface area (Å²) >= 11 is 0. The molecule has 2 aromatic rings. The van der Waals surface area contributed by atoms with E-state index in [1.54, 1.807) is 39.0 Å². The molecule has 180 valence electrons. The lowest BCUT2D eigenvalue weighted by Gasteiger charge is -2.36. The summed E-state index contributed by atoms with van der Waals surface area (Å²) in [7, 11) is 0. The lowest BCUT2D eigenvalue weighted by molar-refractivity contribution is -0.133. The molecule has 11 heteroatoms. The Morgan fingerprint density at radius 2 is 1.76 bits per heavy atom. The zero-order valence-electron chi connectivity index (χ0n) is 18.1. The van der Waals surface area contributed by atoms with Gasteiger partial charge in [0.2, 0.25) is 5.91 Å². The fourth-order valence-electron chi connectivity index (χ4n) is 4.29. The van der Waals surface area contributed by atoms with Crippen molar-refractivity contribution >= 4 is 30.0 Å². The van der Waals surface area contributed by atoms with Crippen LogP contribution in [0, 0.1) is 28.8 Å². The maximum atomic E-state index is 13.9. The lowest BCUT2D eigenvalue weighted by atomic mass is 10.0. The molecule has 0 spiro atoms. The highest BCUT2D eigenvalue weighted by atomic mass is 35.5. The quantitative estimate of drug-likeness (QED) is 0.648. The number of nitriles is 1. The van der Waals surface area contributed by atoms with Crippen molar-refractivity contribution in [3.8, 4) is 6.07 Å². The molecule has 4 rings (SSSR count). The number of nitrogens with zero attached hydrogens (tertiary/aromatic N) is 4. The van der Waals surface area contributed by atoms with Crippen molar-refractivity contribution in [3.63, 3.8) is 0 Å². The fraction of sp³-hybridized carbons (Fsp3) is 0.348. The van der Waals surface area contributed by atoms with Crippen molar-refractivity contribution in [2.45, 2.75) is 24.9 Å². The van der Waals surface area contributed by atoms with Gasteiger partial charge in [-0.05, 0) is 42.3 Å². The second-order valence-corrected chi connectivity index (χ2v) is 8.26. The normalized spacial score (nSPS) is 18.3. The average Bonchev–Trinajstić information content (AvgIpc) is 3.13. The summed E-state index contributed by atoms with van der Waals surface area (Å²) in [6, 6.07) is 8.88. The number of halogens is 4. The first-order chi connectivity index (χ1) is 15.8. The molecule has 3 amide bonds. The topological polar surface area (TPSA) is 93.7 Å². The van der Waals surface area contributed by atoms with E-state index in [0.29, 0.717) is 43.5 Å². The number of hydrogen-bond donors (Lipinski definition) is 1. The molecule has 1 unspecified atom stereocenters. The predicted molar refractivity (Wildman–Crippen MR) is 121 cm³/mol. The van der Waals surface area contributed by atoms with Crippen molar-refractivity contribution in [1.29, 1.82) is 5.26 Å². The smallest absolute Gasteiger partial charge is 0.324 e. The second kappa shape index (κ2) is 10.3. The highest BCUT2D eigenvalue weighted by Crippen LogP contribution is 2.27. The van der Waals surface area contributed by atoms with E-state index in [9.17, 15) is 22.8 Å². The Morgan fingerprint density at radius 3 is 2.44 bits per heavy atom. The van der Waals surface area contributed by atoms with Gasteiger partial charge in [0.1, 0.15) is 5.82 Å². The number of hydrogen-bond acceptors (Lipinski definition) is 4.